The Hall–Kier alpha value is -2.42. The lowest BCUT2D eigenvalue weighted by atomic mass is 10.0. The van der Waals surface area contributed by atoms with Gasteiger partial charge >= 0.3 is 6.09 Å². The highest BCUT2D eigenvalue weighted by molar-refractivity contribution is 8.15. The molecule has 0 unspecified atom stereocenters. The van der Waals surface area contributed by atoms with Gasteiger partial charge in [0.2, 0.25) is 0 Å². The summed E-state index contributed by atoms with van der Waals surface area (Å²) in [4.78, 5) is 28.0. The van der Waals surface area contributed by atoms with Gasteiger partial charge in [-0.3, -0.25) is 10.2 Å². The second kappa shape index (κ2) is 9.91. The number of rotatable bonds is 6. The Kier molecular flexibility index (Phi) is 8.24. The molecule has 2 amide bonds. The molecule has 0 saturated carbocycles. The van der Waals surface area contributed by atoms with Gasteiger partial charge in [0, 0.05) is 19.7 Å². The maximum atomic E-state index is 14.8. The zero-order valence-corrected chi connectivity index (χ0v) is 16.2. The Bertz CT molecular complexity index is 735. The van der Waals surface area contributed by atoms with Crippen LogP contribution in [0.2, 0.25) is 0 Å². The first-order valence-electron chi connectivity index (χ1n) is 7.70. The highest BCUT2D eigenvalue weighted by Gasteiger charge is 2.20. The van der Waals surface area contributed by atoms with Gasteiger partial charge in [0.05, 0.1) is 12.8 Å². The van der Waals surface area contributed by atoms with Crippen LogP contribution in [-0.4, -0.2) is 61.7 Å². The Morgan fingerprint density at radius 2 is 2.00 bits per heavy atom. The second-order valence-corrected chi connectivity index (χ2v) is 6.15. The number of aliphatic imine (C=N–C) groups is 1. The van der Waals surface area contributed by atoms with Gasteiger partial charge < -0.3 is 14.4 Å². The minimum atomic E-state index is -0.876. The molecule has 1 aromatic rings. The van der Waals surface area contributed by atoms with Gasteiger partial charge in [0.15, 0.2) is 18.2 Å². The molecule has 7 nitrogen and oxygen atoms in total. The topological polar surface area (TPSA) is 92.0 Å². The van der Waals surface area contributed by atoms with Crippen molar-refractivity contribution in [3.63, 3.8) is 0 Å². The fourth-order valence-corrected chi connectivity index (χ4v) is 2.34. The Labute approximate surface area is 156 Å². The molecule has 142 valence electrons. The van der Waals surface area contributed by atoms with E-state index in [4.69, 9.17) is 10.1 Å². The summed E-state index contributed by atoms with van der Waals surface area (Å²) in [6.45, 7) is 1.54. The Morgan fingerprint density at radius 1 is 1.35 bits per heavy atom. The predicted molar refractivity (Wildman–Crippen MR) is 100 cm³/mol. The number of hydrogen-bond acceptors (Lipinski definition) is 6. The minimum Gasteiger partial charge on any atom is -0.481 e. The first kappa shape index (κ1) is 21.6. The number of ether oxygens (including phenoxy) is 2. The lowest BCUT2D eigenvalue weighted by molar-refractivity contribution is -0.130. The number of hydrogen-bond donors (Lipinski definition) is 1. The van der Waals surface area contributed by atoms with Crippen LogP contribution in [-0.2, 0) is 16.0 Å². The zero-order valence-electron chi connectivity index (χ0n) is 15.4. The number of carbonyl (C=O) groups excluding carboxylic acids is 2. The molecule has 0 saturated heterocycles. The lowest BCUT2D eigenvalue weighted by Gasteiger charge is -2.15. The van der Waals surface area contributed by atoms with Crippen molar-refractivity contribution in [1.29, 1.82) is 5.41 Å². The number of likely N-dealkylation sites (N-methyl/N-ethyl adjacent to an activating group) is 1. The van der Waals surface area contributed by atoms with E-state index in [-0.39, 0.29) is 34.6 Å². The normalized spacial score (nSPS) is 11.1. The van der Waals surface area contributed by atoms with Crippen molar-refractivity contribution >= 4 is 34.5 Å². The van der Waals surface area contributed by atoms with Crippen LogP contribution in [0.4, 0.5) is 9.18 Å². The quantitative estimate of drug-likeness (QED) is 0.602. The number of carbonyl (C=O) groups is 2. The highest BCUT2D eigenvalue weighted by atomic mass is 32.2. The smallest absolute Gasteiger partial charge is 0.434 e. The van der Waals surface area contributed by atoms with E-state index >= 15 is 0 Å². The average Bonchev–Trinajstić information content (AvgIpc) is 2.63. The molecule has 0 atom stereocenters. The number of aryl methyl sites for hydroxylation is 1. The molecule has 9 heteroatoms. The zero-order chi connectivity index (χ0) is 19.9. The highest BCUT2D eigenvalue weighted by Crippen LogP contribution is 2.25. The fraction of sp³-hybridized carbons (Fsp3) is 0.412. The number of thioether (sulfide) groups is 1. The number of halogens is 1. The molecule has 0 aliphatic carbocycles. The van der Waals surface area contributed by atoms with Crippen molar-refractivity contribution < 1.29 is 23.5 Å². The molecule has 0 fully saturated rings. The first-order valence-corrected chi connectivity index (χ1v) is 8.92. The summed E-state index contributed by atoms with van der Waals surface area (Å²) < 4.78 is 24.6. The maximum absolute atomic E-state index is 14.8. The van der Waals surface area contributed by atoms with E-state index in [1.165, 1.54) is 24.1 Å². The van der Waals surface area contributed by atoms with E-state index in [1.807, 2.05) is 6.92 Å². The largest absolute Gasteiger partial charge is 0.481 e. The fourth-order valence-electron chi connectivity index (χ4n) is 1.86. The third-order valence-electron chi connectivity index (χ3n) is 3.40. The van der Waals surface area contributed by atoms with Crippen molar-refractivity contribution in [1.82, 2.24) is 4.90 Å². The van der Waals surface area contributed by atoms with Crippen molar-refractivity contribution in [2.75, 3.05) is 34.1 Å². The molecule has 1 aromatic carbocycles. The summed E-state index contributed by atoms with van der Waals surface area (Å²) in [5, 5.41) is 8.23. The summed E-state index contributed by atoms with van der Waals surface area (Å²) in [5.41, 5.74) is 0.394. The number of methoxy groups -OCH3 is 1. The van der Waals surface area contributed by atoms with E-state index in [0.717, 1.165) is 17.3 Å². The Balaban J connectivity index is 3.27. The molecule has 1 N–H and O–H groups in total. The minimum absolute atomic E-state index is 0.0133. The summed E-state index contributed by atoms with van der Waals surface area (Å²) in [6, 6.07) is 2.99. The number of nitrogens with one attached hydrogen (secondary N) is 1. The Morgan fingerprint density at radius 3 is 2.50 bits per heavy atom. The number of amides is 2. The first-order chi connectivity index (χ1) is 12.2. The average molecular weight is 383 g/mol. The van der Waals surface area contributed by atoms with Crippen LogP contribution in [0.5, 0.6) is 5.75 Å². The van der Waals surface area contributed by atoms with Crippen LogP contribution in [0, 0.1) is 11.2 Å². The molecule has 0 heterocycles. The number of benzene rings is 1. The van der Waals surface area contributed by atoms with Gasteiger partial charge in [-0.05, 0) is 30.4 Å². The van der Waals surface area contributed by atoms with Gasteiger partial charge in [-0.25, -0.2) is 9.18 Å². The van der Waals surface area contributed by atoms with Gasteiger partial charge in [0.25, 0.3) is 5.91 Å². The molecular formula is C17H22FN3O4S. The molecule has 0 aromatic heterocycles. The van der Waals surface area contributed by atoms with E-state index in [2.05, 4.69) is 9.73 Å². The maximum Gasteiger partial charge on any atom is 0.434 e. The van der Waals surface area contributed by atoms with Gasteiger partial charge in [-0.1, -0.05) is 6.92 Å². The third-order valence-corrected chi connectivity index (χ3v) is 4.08. The van der Waals surface area contributed by atoms with Crippen molar-refractivity contribution in [3.8, 4) is 5.75 Å². The van der Waals surface area contributed by atoms with Crippen LogP contribution < -0.4 is 4.74 Å². The van der Waals surface area contributed by atoms with Crippen LogP contribution >= 0.6 is 11.8 Å². The van der Waals surface area contributed by atoms with Crippen LogP contribution in [0.3, 0.4) is 0 Å². The van der Waals surface area contributed by atoms with Gasteiger partial charge in [-0.2, -0.15) is 4.99 Å². The van der Waals surface area contributed by atoms with Crippen molar-refractivity contribution in [2.24, 2.45) is 4.99 Å². The molecule has 0 bridgehead atoms. The monoisotopic (exact) mass is 383 g/mol. The van der Waals surface area contributed by atoms with E-state index < -0.39 is 11.9 Å². The SMILES string of the molecule is CCc1cc(OCC(=O)N(C)C)c(F)c(C(=N)/C(=N/C(=O)OC)SC)c1. The van der Waals surface area contributed by atoms with E-state index in [0.29, 0.717) is 6.42 Å². The molecule has 0 aliphatic heterocycles. The van der Waals surface area contributed by atoms with Crippen LogP contribution in [0.25, 0.3) is 0 Å². The van der Waals surface area contributed by atoms with E-state index in [9.17, 15) is 14.0 Å². The standard InChI is InChI=1S/C17H22FN3O4S/c1-6-10-7-11(15(19)16(26-5)20-17(23)24-4)14(18)12(8-10)25-9-13(22)21(2)3/h7-8,19H,6,9H2,1-5H3/b19-15?,20-16-. The summed E-state index contributed by atoms with van der Waals surface area (Å²) >= 11 is 1.02. The molecule has 0 spiro atoms. The molecule has 26 heavy (non-hydrogen) atoms. The molecule has 0 radical (unpaired) electrons. The van der Waals surface area contributed by atoms with Crippen molar-refractivity contribution in [3.05, 3.63) is 29.1 Å². The van der Waals surface area contributed by atoms with E-state index in [1.54, 1.807) is 20.4 Å². The van der Waals surface area contributed by atoms with Crippen LogP contribution in [0.1, 0.15) is 18.1 Å². The lowest BCUT2D eigenvalue weighted by Crippen LogP contribution is -2.28. The van der Waals surface area contributed by atoms with Crippen LogP contribution in [0.15, 0.2) is 17.1 Å². The van der Waals surface area contributed by atoms with Gasteiger partial charge in [0.1, 0.15) is 5.04 Å². The molecule has 0 aliphatic rings. The summed E-state index contributed by atoms with van der Waals surface area (Å²) in [7, 11) is 4.30. The van der Waals surface area contributed by atoms with Crippen molar-refractivity contribution in [2.45, 2.75) is 13.3 Å². The van der Waals surface area contributed by atoms with Gasteiger partial charge in [-0.15, -0.1) is 11.8 Å². The second-order valence-electron chi connectivity index (χ2n) is 5.35. The summed E-state index contributed by atoms with van der Waals surface area (Å²) in [5.74, 6) is -1.23. The third kappa shape index (κ3) is 5.55. The summed E-state index contributed by atoms with van der Waals surface area (Å²) in [6.07, 6.45) is 1.31. The molecule has 1 rings (SSSR count). The number of nitrogens with zero attached hydrogens (tertiary/aromatic N) is 2. The predicted octanol–water partition coefficient (Wildman–Crippen LogP) is 2.75. The molecular weight excluding hydrogens is 361 g/mol.